The van der Waals surface area contributed by atoms with Crippen LogP contribution in [0.15, 0.2) is 79.0 Å². The lowest BCUT2D eigenvalue weighted by atomic mass is 9.96. The van der Waals surface area contributed by atoms with Crippen LogP contribution in [0.3, 0.4) is 0 Å². The highest BCUT2D eigenvalue weighted by atomic mass is 32.1. The largest absolute Gasteiger partial charge is 0.508 e. The van der Waals surface area contributed by atoms with Crippen LogP contribution in [0.2, 0.25) is 0 Å². The van der Waals surface area contributed by atoms with Crippen LogP contribution in [-0.2, 0) is 0 Å². The molecule has 2 N–H and O–H groups in total. The molecule has 36 heavy (non-hydrogen) atoms. The van der Waals surface area contributed by atoms with E-state index in [-0.39, 0.29) is 23.9 Å². The first-order valence-electron chi connectivity index (χ1n) is 12.1. The van der Waals surface area contributed by atoms with E-state index in [0.29, 0.717) is 5.11 Å². The zero-order chi connectivity index (χ0) is 25.4. The van der Waals surface area contributed by atoms with Crippen LogP contribution in [0.4, 0.5) is 5.69 Å². The molecule has 1 saturated heterocycles. The summed E-state index contributed by atoms with van der Waals surface area (Å²) in [6.45, 7) is 8.27. The third-order valence-electron chi connectivity index (χ3n) is 6.48. The Bertz CT molecular complexity index is 1370. The van der Waals surface area contributed by atoms with Crippen molar-refractivity contribution < 1.29 is 9.84 Å². The molecule has 2 atom stereocenters. The van der Waals surface area contributed by atoms with Crippen LogP contribution in [0.5, 0.6) is 11.5 Å². The molecule has 0 saturated carbocycles. The molecular formula is C29H30N4O2S. The van der Waals surface area contributed by atoms with Gasteiger partial charge in [-0.3, -0.25) is 4.98 Å². The summed E-state index contributed by atoms with van der Waals surface area (Å²) in [5, 5.41) is 14.0. The first-order chi connectivity index (χ1) is 17.3. The topological polar surface area (TPSA) is 62.5 Å². The fraction of sp³-hybridized carbons (Fsp3) is 0.241. The van der Waals surface area contributed by atoms with Crippen LogP contribution in [0.1, 0.15) is 48.6 Å². The van der Waals surface area contributed by atoms with E-state index in [1.807, 2.05) is 62.5 Å². The second kappa shape index (κ2) is 9.66. The number of ether oxygens (including phenoxy) is 1. The number of nitrogens with one attached hydrogen (secondary N) is 1. The molecular weight excluding hydrogens is 468 g/mol. The van der Waals surface area contributed by atoms with Crippen molar-refractivity contribution in [1.82, 2.24) is 14.9 Å². The van der Waals surface area contributed by atoms with Crippen molar-refractivity contribution in [3.63, 3.8) is 0 Å². The Morgan fingerprint density at radius 3 is 2.31 bits per heavy atom. The number of thiocarbonyl (C=S) groups is 1. The molecule has 0 unspecified atom stereocenters. The Morgan fingerprint density at radius 2 is 1.67 bits per heavy atom. The lowest BCUT2D eigenvalue weighted by molar-refractivity contribution is 0.242. The Kier molecular flexibility index (Phi) is 6.41. The first-order valence-corrected chi connectivity index (χ1v) is 12.5. The molecule has 5 rings (SSSR count). The Morgan fingerprint density at radius 1 is 0.972 bits per heavy atom. The minimum absolute atomic E-state index is 0.108. The number of phenols is 1. The monoisotopic (exact) mass is 498 g/mol. The summed E-state index contributed by atoms with van der Waals surface area (Å²) in [6, 6.07) is 23.3. The summed E-state index contributed by atoms with van der Waals surface area (Å²) < 4.78 is 8.07. The van der Waals surface area contributed by atoms with Gasteiger partial charge in [-0.25, -0.2) is 0 Å². The van der Waals surface area contributed by atoms with E-state index in [9.17, 15) is 5.11 Å². The lowest BCUT2D eigenvalue weighted by Gasteiger charge is -2.28. The molecule has 2 aromatic heterocycles. The summed E-state index contributed by atoms with van der Waals surface area (Å²) in [4.78, 5) is 6.85. The molecule has 0 bridgehead atoms. The number of phenolic OH excluding ortho intramolecular Hbond substituents is 1. The lowest BCUT2D eigenvalue weighted by Crippen LogP contribution is -2.29. The normalized spacial score (nSPS) is 17.5. The zero-order valence-corrected chi connectivity index (χ0v) is 21.7. The average Bonchev–Trinajstić information content (AvgIpc) is 3.35. The number of aromatic hydroxyl groups is 1. The number of rotatable bonds is 6. The van der Waals surface area contributed by atoms with Crippen molar-refractivity contribution in [3.8, 4) is 17.2 Å². The number of benzene rings is 2. The van der Waals surface area contributed by atoms with Gasteiger partial charge in [0.1, 0.15) is 11.5 Å². The highest BCUT2D eigenvalue weighted by Gasteiger charge is 2.42. The third-order valence-corrected chi connectivity index (χ3v) is 6.80. The second-order valence-corrected chi connectivity index (χ2v) is 9.72. The molecule has 0 radical (unpaired) electrons. The smallest absolute Gasteiger partial charge is 0.174 e. The summed E-state index contributed by atoms with van der Waals surface area (Å²) in [7, 11) is 0. The molecule has 0 aliphatic carbocycles. The number of nitrogens with zero attached hydrogens (tertiary/aromatic N) is 3. The van der Waals surface area contributed by atoms with E-state index < -0.39 is 0 Å². The number of aryl methyl sites for hydroxylation is 1. The molecule has 1 fully saturated rings. The van der Waals surface area contributed by atoms with Gasteiger partial charge in [-0.2, -0.15) is 0 Å². The van der Waals surface area contributed by atoms with Gasteiger partial charge in [0.05, 0.1) is 23.9 Å². The second-order valence-electron chi connectivity index (χ2n) is 9.34. The molecule has 0 spiro atoms. The number of pyridine rings is 1. The Balaban J connectivity index is 1.62. The summed E-state index contributed by atoms with van der Waals surface area (Å²) in [6.07, 6.45) is 1.93. The predicted octanol–water partition coefficient (Wildman–Crippen LogP) is 6.16. The van der Waals surface area contributed by atoms with Gasteiger partial charge in [0.2, 0.25) is 0 Å². The van der Waals surface area contributed by atoms with Crippen LogP contribution < -0.4 is 15.0 Å². The van der Waals surface area contributed by atoms with E-state index in [0.717, 1.165) is 39.8 Å². The molecule has 0 amide bonds. The van der Waals surface area contributed by atoms with E-state index in [1.54, 1.807) is 12.1 Å². The third kappa shape index (κ3) is 4.42. The number of anilines is 1. The minimum Gasteiger partial charge on any atom is -0.508 e. The maximum Gasteiger partial charge on any atom is 0.174 e. The quantitative estimate of drug-likeness (QED) is 0.311. The Labute approximate surface area is 217 Å². The van der Waals surface area contributed by atoms with Gasteiger partial charge in [0, 0.05) is 29.0 Å². The fourth-order valence-electron chi connectivity index (χ4n) is 4.99. The van der Waals surface area contributed by atoms with Crippen molar-refractivity contribution in [2.45, 2.75) is 45.9 Å². The standard InChI is InChI=1S/C29H30N4O2S/c1-18(2)35-24-14-10-22(11-15-24)33-28(27(31-29(33)36)26-7-5-6-16-30-26)25-17-19(3)32(20(25)4)21-8-12-23(34)13-9-21/h5-18,27-28,34H,1-4H3,(H,31,36)/t27-,28-/m1/s1. The summed E-state index contributed by atoms with van der Waals surface area (Å²) >= 11 is 5.89. The number of aromatic nitrogens is 2. The Hall–Kier alpha value is -3.84. The minimum atomic E-state index is -0.126. The molecule has 6 nitrogen and oxygen atoms in total. The highest BCUT2D eigenvalue weighted by molar-refractivity contribution is 7.80. The fourth-order valence-corrected chi connectivity index (χ4v) is 5.34. The summed E-state index contributed by atoms with van der Waals surface area (Å²) in [5.41, 5.74) is 6.29. The van der Waals surface area contributed by atoms with E-state index >= 15 is 0 Å². The maximum absolute atomic E-state index is 9.78. The number of hydrogen-bond acceptors (Lipinski definition) is 4. The molecule has 1 aliphatic heterocycles. The van der Waals surface area contributed by atoms with Gasteiger partial charge in [-0.05, 0) is 112 Å². The van der Waals surface area contributed by atoms with Crippen LogP contribution >= 0.6 is 12.2 Å². The van der Waals surface area contributed by atoms with Crippen molar-refractivity contribution in [1.29, 1.82) is 0 Å². The molecule has 7 heteroatoms. The SMILES string of the molecule is Cc1cc([C@@H]2[C@@H](c3ccccn3)NC(=S)N2c2ccc(OC(C)C)cc2)c(C)n1-c1ccc(O)cc1. The molecule has 184 valence electrons. The van der Waals surface area contributed by atoms with E-state index in [2.05, 4.69) is 51.8 Å². The maximum atomic E-state index is 9.78. The zero-order valence-electron chi connectivity index (χ0n) is 20.8. The van der Waals surface area contributed by atoms with Crippen LogP contribution in [-0.4, -0.2) is 25.9 Å². The van der Waals surface area contributed by atoms with Gasteiger partial charge < -0.3 is 24.6 Å². The molecule has 1 aliphatic rings. The summed E-state index contributed by atoms with van der Waals surface area (Å²) in [5.74, 6) is 1.08. The van der Waals surface area contributed by atoms with E-state index in [4.69, 9.17) is 17.0 Å². The van der Waals surface area contributed by atoms with Gasteiger partial charge in [-0.1, -0.05) is 6.07 Å². The van der Waals surface area contributed by atoms with Gasteiger partial charge in [-0.15, -0.1) is 0 Å². The molecule has 3 heterocycles. The van der Waals surface area contributed by atoms with Crippen molar-refractivity contribution in [2.24, 2.45) is 0 Å². The first kappa shape index (κ1) is 23.9. The highest BCUT2D eigenvalue weighted by Crippen LogP contribution is 2.44. The molecule has 4 aromatic rings. The van der Waals surface area contributed by atoms with Crippen LogP contribution in [0.25, 0.3) is 5.69 Å². The van der Waals surface area contributed by atoms with Crippen molar-refractivity contribution in [3.05, 3.63) is 102 Å². The van der Waals surface area contributed by atoms with E-state index in [1.165, 1.54) is 0 Å². The van der Waals surface area contributed by atoms with Crippen LogP contribution in [0, 0.1) is 13.8 Å². The van der Waals surface area contributed by atoms with Crippen molar-refractivity contribution >= 4 is 23.0 Å². The average molecular weight is 499 g/mol. The van der Waals surface area contributed by atoms with Gasteiger partial charge >= 0.3 is 0 Å². The van der Waals surface area contributed by atoms with Gasteiger partial charge in [0.15, 0.2) is 5.11 Å². The molecule has 2 aromatic carbocycles. The predicted molar refractivity (Wildman–Crippen MR) is 147 cm³/mol. The van der Waals surface area contributed by atoms with Crippen molar-refractivity contribution in [2.75, 3.05) is 4.90 Å². The number of hydrogen-bond donors (Lipinski definition) is 2. The van der Waals surface area contributed by atoms with Gasteiger partial charge in [0.25, 0.3) is 0 Å².